The van der Waals surface area contributed by atoms with Crippen LogP contribution in [0.4, 0.5) is 5.95 Å². The molecule has 0 aliphatic rings. The van der Waals surface area contributed by atoms with Gasteiger partial charge in [-0.15, -0.1) is 11.3 Å². The van der Waals surface area contributed by atoms with E-state index in [0.29, 0.717) is 23.7 Å². The lowest BCUT2D eigenvalue weighted by Crippen LogP contribution is -2.14. The van der Waals surface area contributed by atoms with Gasteiger partial charge in [-0.1, -0.05) is 19.9 Å². The zero-order valence-corrected chi connectivity index (χ0v) is 15.6. The summed E-state index contributed by atoms with van der Waals surface area (Å²) >= 11 is 1.46. The van der Waals surface area contributed by atoms with E-state index in [1.165, 1.54) is 11.3 Å². The lowest BCUT2D eigenvalue weighted by Gasteiger charge is -2.14. The van der Waals surface area contributed by atoms with Gasteiger partial charge in [-0.2, -0.15) is 4.98 Å². The van der Waals surface area contributed by atoms with Crippen LogP contribution in [-0.4, -0.2) is 25.7 Å². The first-order valence-electron chi connectivity index (χ1n) is 8.30. The fraction of sp³-hybridized carbons (Fsp3) is 0.389. The van der Waals surface area contributed by atoms with Crippen molar-refractivity contribution in [1.29, 1.82) is 0 Å². The molecular formula is C18H21N5OS. The molecule has 0 aromatic carbocycles. The van der Waals surface area contributed by atoms with Crippen molar-refractivity contribution in [1.82, 2.24) is 19.9 Å². The van der Waals surface area contributed by atoms with E-state index in [2.05, 4.69) is 25.3 Å². The number of carbonyl (C=O) groups is 1. The highest BCUT2D eigenvalue weighted by atomic mass is 32.1. The van der Waals surface area contributed by atoms with E-state index < -0.39 is 0 Å². The molecule has 0 fully saturated rings. The van der Waals surface area contributed by atoms with Gasteiger partial charge >= 0.3 is 0 Å². The summed E-state index contributed by atoms with van der Waals surface area (Å²) in [6, 6.07) is 5.67. The third-order valence-electron chi connectivity index (χ3n) is 3.70. The molecule has 6 nitrogen and oxygen atoms in total. The Morgan fingerprint density at radius 1 is 1.20 bits per heavy atom. The van der Waals surface area contributed by atoms with Crippen LogP contribution in [0.2, 0.25) is 0 Å². The van der Waals surface area contributed by atoms with Crippen LogP contribution in [0.15, 0.2) is 24.4 Å². The number of ketones is 1. The minimum Gasteiger partial charge on any atom is -0.346 e. The van der Waals surface area contributed by atoms with Crippen molar-refractivity contribution in [2.75, 3.05) is 5.32 Å². The zero-order chi connectivity index (χ0) is 18.0. The van der Waals surface area contributed by atoms with Crippen molar-refractivity contribution in [2.24, 2.45) is 5.92 Å². The van der Waals surface area contributed by atoms with Crippen molar-refractivity contribution in [3.8, 4) is 0 Å². The number of hydrogen-bond donors (Lipinski definition) is 1. The van der Waals surface area contributed by atoms with Crippen LogP contribution in [0.1, 0.15) is 54.4 Å². The zero-order valence-electron chi connectivity index (χ0n) is 14.8. The fourth-order valence-corrected chi connectivity index (χ4v) is 3.42. The number of rotatable bonds is 6. The highest BCUT2D eigenvalue weighted by Gasteiger charge is 2.20. The number of aryl methyl sites for hydroxylation is 1. The summed E-state index contributed by atoms with van der Waals surface area (Å²) < 4.78 is 0.763. The Labute approximate surface area is 150 Å². The second-order valence-corrected chi connectivity index (χ2v) is 7.63. The second kappa shape index (κ2) is 7.23. The third kappa shape index (κ3) is 3.99. The third-order valence-corrected chi connectivity index (χ3v) is 4.66. The van der Waals surface area contributed by atoms with Crippen molar-refractivity contribution < 1.29 is 4.79 Å². The Morgan fingerprint density at radius 2 is 2.00 bits per heavy atom. The number of pyridine rings is 1. The Balaban J connectivity index is 1.97. The number of aromatic nitrogens is 4. The van der Waals surface area contributed by atoms with E-state index in [1.54, 1.807) is 6.20 Å². The molecular weight excluding hydrogens is 334 g/mol. The van der Waals surface area contributed by atoms with Crippen LogP contribution in [0.3, 0.4) is 0 Å². The highest BCUT2D eigenvalue weighted by Crippen LogP contribution is 2.27. The molecule has 3 aromatic heterocycles. The number of fused-ring (bicyclic) bond motifs is 1. The maximum absolute atomic E-state index is 12.6. The molecule has 0 aliphatic heterocycles. The topological polar surface area (TPSA) is 80.7 Å². The first-order valence-corrected chi connectivity index (χ1v) is 9.11. The van der Waals surface area contributed by atoms with E-state index in [1.807, 2.05) is 45.9 Å². The first-order chi connectivity index (χ1) is 11.9. The molecule has 1 atom stereocenters. The summed E-state index contributed by atoms with van der Waals surface area (Å²) in [5.74, 6) is 0.707. The number of Topliss-reactive ketones (excluding diaryl/α,β-unsaturated/α-hetero) is 1. The van der Waals surface area contributed by atoms with Gasteiger partial charge < -0.3 is 5.32 Å². The van der Waals surface area contributed by atoms with Crippen molar-refractivity contribution in [3.05, 3.63) is 40.8 Å². The van der Waals surface area contributed by atoms with Crippen molar-refractivity contribution >= 4 is 33.4 Å². The van der Waals surface area contributed by atoms with E-state index in [0.717, 1.165) is 15.4 Å². The van der Waals surface area contributed by atoms with Gasteiger partial charge in [-0.25, -0.2) is 9.97 Å². The quantitative estimate of drug-likeness (QED) is 0.668. The molecule has 0 saturated carbocycles. The SMILES string of the molecule is Cc1nc2nc(NC(C)c3ccccn3)nc(C(=O)CC(C)C)c2s1. The van der Waals surface area contributed by atoms with Gasteiger partial charge in [0.1, 0.15) is 10.4 Å². The number of anilines is 1. The minimum atomic E-state index is -0.0774. The molecule has 0 radical (unpaired) electrons. The first kappa shape index (κ1) is 17.4. The molecule has 25 heavy (non-hydrogen) atoms. The molecule has 1 N–H and O–H groups in total. The number of carbonyl (C=O) groups excluding carboxylic acids is 1. The Morgan fingerprint density at radius 3 is 2.68 bits per heavy atom. The average Bonchev–Trinajstić information content (AvgIpc) is 2.94. The van der Waals surface area contributed by atoms with E-state index in [9.17, 15) is 4.79 Å². The summed E-state index contributed by atoms with van der Waals surface area (Å²) in [6.07, 6.45) is 2.21. The van der Waals surface area contributed by atoms with Crippen LogP contribution < -0.4 is 5.32 Å². The van der Waals surface area contributed by atoms with E-state index in [-0.39, 0.29) is 17.7 Å². The number of thiazole rings is 1. The maximum atomic E-state index is 12.6. The number of nitrogens with one attached hydrogen (secondary N) is 1. The van der Waals surface area contributed by atoms with Crippen LogP contribution >= 0.6 is 11.3 Å². The normalized spacial score (nSPS) is 12.5. The van der Waals surface area contributed by atoms with Gasteiger partial charge in [-0.05, 0) is 31.9 Å². The predicted molar refractivity (Wildman–Crippen MR) is 100 cm³/mol. The summed E-state index contributed by atoms with van der Waals surface area (Å²) in [5.41, 5.74) is 1.91. The van der Waals surface area contributed by atoms with Gasteiger partial charge in [0.15, 0.2) is 11.4 Å². The summed E-state index contributed by atoms with van der Waals surface area (Å²) in [5, 5.41) is 4.11. The number of hydrogen-bond acceptors (Lipinski definition) is 7. The van der Waals surface area contributed by atoms with Crippen molar-refractivity contribution in [2.45, 2.75) is 40.2 Å². The largest absolute Gasteiger partial charge is 0.346 e. The molecule has 0 bridgehead atoms. The molecule has 7 heteroatoms. The summed E-state index contributed by atoms with van der Waals surface area (Å²) in [6.45, 7) is 7.94. The second-order valence-electron chi connectivity index (χ2n) is 6.42. The Kier molecular flexibility index (Phi) is 5.03. The van der Waals surface area contributed by atoms with Gasteiger partial charge in [0.2, 0.25) is 5.95 Å². The molecule has 0 aliphatic carbocycles. The molecule has 0 saturated heterocycles. The molecule has 130 valence electrons. The standard InChI is InChI=1S/C18H21N5OS/c1-10(2)9-14(24)15-16-17(21-12(4)25-16)23-18(22-15)20-11(3)13-7-5-6-8-19-13/h5-8,10-11H,9H2,1-4H3,(H,20,22,23). The predicted octanol–water partition coefficient (Wildman–Crippen LogP) is 4.19. The number of nitrogens with zero attached hydrogens (tertiary/aromatic N) is 4. The van der Waals surface area contributed by atoms with Crippen LogP contribution in [0, 0.1) is 12.8 Å². The van der Waals surface area contributed by atoms with Gasteiger partial charge in [0, 0.05) is 12.6 Å². The highest BCUT2D eigenvalue weighted by molar-refractivity contribution is 7.18. The summed E-state index contributed by atoms with van der Waals surface area (Å²) in [7, 11) is 0. The minimum absolute atomic E-state index is 0.0274. The molecule has 0 spiro atoms. The van der Waals surface area contributed by atoms with Crippen molar-refractivity contribution in [3.63, 3.8) is 0 Å². The monoisotopic (exact) mass is 355 g/mol. The Bertz CT molecular complexity index is 891. The molecule has 0 amide bonds. The van der Waals surface area contributed by atoms with Gasteiger partial charge in [0.05, 0.1) is 16.7 Å². The van der Waals surface area contributed by atoms with Gasteiger partial charge in [-0.3, -0.25) is 9.78 Å². The molecule has 1 unspecified atom stereocenters. The van der Waals surface area contributed by atoms with Crippen LogP contribution in [-0.2, 0) is 0 Å². The van der Waals surface area contributed by atoms with E-state index >= 15 is 0 Å². The molecule has 3 aromatic rings. The van der Waals surface area contributed by atoms with Gasteiger partial charge in [0.25, 0.3) is 0 Å². The molecule has 3 heterocycles. The smallest absolute Gasteiger partial charge is 0.226 e. The average molecular weight is 355 g/mol. The fourth-order valence-electron chi connectivity index (χ4n) is 2.55. The lowest BCUT2D eigenvalue weighted by atomic mass is 10.1. The maximum Gasteiger partial charge on any atom is 0.226 e. The summed E-state index contributed by atoms with van der Waals surface area (Å²) in [4.78, 5) is 30.4. The Hall–Kier alpha value is -2.41. The van der Waals surface area contributed by atoms with Crippen LogP contribution in [0.25, 0.3) is 10.3 Å². The van der Waals surface area contributed by atoms with Crippen LogP contribution in [0.5, 0.6) is 0 Å². The van der Waals surface area contributed by atoms with E-state index in [4.69, 9.17) is 0 Å². The molecule has 3 rings (SSSR count). The lowest BCUT2D eigenvalue weighted by molar-refractivity contribution is 0.0965.